The second kappa shape index (κ2) is 6.29. The molecule has 1 amide bonds. The average Bonchev–Trinajstić information content (AvgIpc) is 3.20. The quantitative estimate of drug-likeness (QED) is 0.931. The van der Waals surface area contributed by atoms with E-state index in [9.17, 15) is 4.79 Å². The van der Waals surface area contributed by atoms with Crippen molar-refractivity contribution in [2.75, 3.05) is 13.1 Å². The second-order valence-corrected chi connectivity index (χ2v) is 5.79. The number of carbonyl (C=O) groups is 1. The molecule has 0 saturated carbocycles. The van der Waals surface area contributed by atoms with Crippen molar-refractivity contribution in [2.24, 2.45) is 0 Å². The Morgan fingerprint density at radius 1 is 1.45 bits per heavy atom. The molecule has 0 radical (unpaired) electrons. The lowest BCUT2D eigenvalue weighted by Crippen LogP contribution is -2.42. The lowest BCUT2D eigenvalue weighted by Gasteiger charge is -2.33. The van der Waals surface area contributed by atoms with Crippen LogP contribution < -0.4 is 0 Å². The number of nitrogens with one attached hydrogen (secondary N) is 1. The van der Waals surface area contributed by atoms with E-state index in [0.29, 0.717) is 5.92 Å². The van der Waals surface area contributed by atoms with Gasteiger partial charge in [0.05, 0.1) is 0 Å². The van der Waals surface area contributed by atoms with Crippen LogP contribution in [0.25, 0.3) is 0 Å². The Balaban J connectivity index is 1.62. The van der Waals surface area contributed by atoms with Crippen LogP contribution in [0.4, 0.5) is 0 Å². The minimum atomic E-state index is -0.197. The van der Waals surface area contributed by atoms with Gasteiger partial charge in [-0.3, -0.25) is 14.6 Å². The third kappa shape index (κ3) is 2.88. The van der Waals surface area contributed by atoms with E-state index >= 15 is 0 Å². The van der Waals surface area contributed by atoms with Crippen LogP contribution in [0.1, 0.15) is 49.8 Å². The Labute approximate surface area is 129 Å². The van der Waals surface area contributed by atoms with Gasteiger partial charge in [0, 0.05) is 31.4 Å². The molecule has 1 fully saturated rings. The van der Waals surface area contributed by atoms with Crippen LogP contribution in [0.3, 0.4) is 0 Å². The van der Waals surface area contributed by atoms with Gasteiger partial charge in [0.1, 0.15) is 11.9 Å². The van der Waals surface area contributed by atoms with Crippen LogP contribution in [0.5, 0.6) is 0 Å². The van der Waals surface area contributed by atoms with E-state index in [0.717, 1.165) is 44.0 Å². The van der Waals surface area contributed by atoms with Gasteiger partial charge in [-0.05, 0) is 32.3 Å². The summed E-state index contributed by atoms with van der Waals surface area (Å²) in [5.74, 6) is 2.23. The highest BCUT2D eigenvalue weighted by Gasteiger charge is 2.30. The first-order chi connectivity index (χ1) is 10.7. The van der Waals surface area contributed by atoms with Crippen molar-refractivity contribution < 1.29 is 4.79 Å². The van der Waals surface area contributed by atoms with Crippen LogP contribution in [0.15, 0.2) is 18.5 Å². The number of H-pyrrole nitrogens is 1. The lowest BCUT2D eigenvalue weighted by molar-refractivity contribution is -0.136. The van der Waals surface area contributed by atoms with Gasteiger partial charge in [-0.25, -0.2) is 4.98 Å². The molecule has 3 heterocycles. The van der Waals surface area contributed by atoms with Crippen LogP contribution in [-0.4, -0.2) is 48.9 Å². The summed E-state index contributed by atoms with van der Waals surface area (Å²) < 4.78 is 1.76. The minimum absolute atomic E-state index is 0.163. The number of nitrogens with zero attached hydrogens (tertiary/aromatic N) is 5. The molecule has 1 aliphatic rings. The van der Waals surface area contributed by atoms with Crippen molar-refractivity contribution in [3.8, 4) is 0 Å². The summed E-state index contributed by atoms with van der Waals surface area (Å²) in [6, 6.07) is 1.66. The molecule has 2 aromatic heterocycles. The van der Waals surface area contributed by atoms with Crippen LogP contribution in [-0.2, 0) is 4.79 Å². The summed E-state index contributed by atoms with van der Waals surface area (Å²) in [7, 11) is 0. The molecule has 1 N–H and O–H groups in total. The summed E-state index contributed by atoms with van der Waals surface area (Å²) in [5.41, 5.74) is 0. The summed E-state index contributed by atoms with van der Waals surface area (Å²) in [5, 5.41) is 11.4. The van der Waals surface area contributed by atoms with Crippen LogP contribution >= 0.6 is 0 Å². The van der Waals surface area contributed by atoms with Crippen molar-refractivity contribution in [1.29, 1.82) is 0 Å². The topological polar surface area (TPSA) is 79.7 Å². The number of piperidine rings is 1. The molecule has 2 aromatic rings. The lowest BCUT2D eigenvalue weighted by atomic mass is 9.95. The van der Waals surface area contributed by atoms with Crippen LogP contribution in [0, 0.1) is 6.92 Å². The van der Waals surface area contributed by atoms with Crippen molar-refractivity contribution in [3.05, 3.63) is 30.1 Å². The smallest absolute Gasteiger partial charge is 0.247 e. The van der Waals surface area contributed by atoms with Gasteiger partial charge >= 0.3 is 0 Å². The van der Waals surface area contributed by atoms with Gasteiger partial charge in [-0.1, -0.05) is 6.92 Å². The molecule has 3 rings (SSSR count). The highest BCUT2D eigenvalue weighted by Crippen LogP contribution is 2.27. The zero-order chi connectivity index (χ0) is 15.5. The fourth-order valence-electron chi connectivity index (χ4n) is 3.05. The van der Waals surface area contributed by atoms with Crippen molar-refractivity contribution >= 4 is 5.91 Å². The van der Waals surface area contributed by atoms with Gasteiger partial charge in [-0.2, -0.15) is 10.2 Å². The third-order valence-electron chi connectivity index (χ3n) is 4.30. The van der Waals surface area contributed by atoms with E-state index in [1.54, 1.807) is 10.9 Å². The molecular formula is C15H22N6O. The van der Waals surface area contributed by atoms with Gasteiger partial charge in [0.2, 0.25) is 5.91 Å². The van der Waals surface area contributed by atoms with E-state index in [1.807, 2.05) is 31.0 Å². The number of hydrogen-bond acceptors (Lipinski definition) is 4. The highest BCUT2D eigenvalue weighted by atomic mass is 16.2. The largest absolute Gasteiger partial charge is 0.341 e. The van der Waals surface area contributed by atoms with E-state index < -0.39 is 0 Å². The normalized spacial score (nSPS) is 17.6. The van der Waals surface area contributed by atoms with Crippen molar-refractivity contribution in [2.45, 2.75) is 45.1 Å². The summed E-state index contributed by atoms with van der Waals surface area (Å²) in [6.45, 7) is 5.45. The Bertz CT molecular complexity index is 612. The number of amides is 1. The Kier molecular flexibility index (Phi) is 4.22. The molecule has 0 spiro atoms. The van der Waals surface area contributed by atoms with Gasteiger partial charge in [0.25, 0.3) is 0 Å². The van der Waals surface area contributed by atoms with E-state index in [-0.39, 0.29) is 11.9 Å². The van der Waals surface area contributed by atoms with Gasteiger partial charge < -0.3 is 4.90 Å². The molecule has 118 valence electrons. The number of carbonyl (C=O) groups excluding carboxylic acids is 1. The first-order valence-electron chi connectivity index (χ1n) is 7.86. The molecule has 0 aromatic carbocycles. The summed E-state index contributed by atoms with van der Waals surface area (Å²) >= 11 is 0. The maximum Gasteiger partial charge on any atom is 0.247 e. The Morgan fingerprint density at radius 3 is 2.77 bits per heavy atom. The zero-order valence-electron chi connectivity index (χ0n) is 13.1. The highest BCUT2D eigenvalue weighted by molar-refractivity contribution is 5.80. The second-order valence-electron chi connectivity index (χ2n) is 5.79. The average molecular weight is 302 g/mol. The molecule has 1 saturated heterocycles. The molecule has 7 heteroatoms. The zero-order valence-corrected chi connectivity index (χ0v) is 13.1. The Morgan fingerprint density at radius 2 is 2.23 bits per heavy atom. The number of aryl methyl sites for hydroxylation is 1. The molecule has 0 bridgehead atoms. The van der Waals surface area contributed by atoms with Gasteiger partial charge in [0.15, 0.2) is 5.82 Å². The van der Waals surface area contributed by atoms with E-state index in [4.69, 9.17) is 0 Å². The predicted molar refractivity (Wildman–Crippen MR) is 81.2 cm³/mol. The molecule has 7 nitrogen and oxygen atoms in total. The fourth-order valence-corrected chi connectivity index (χ4v) is 3.05. The van der Waals surface area contributed by atoms with Crippen LogP contribution in [0.2, 0.25) is 0 Å². The number of aromatic nitrogens is 5. The summed E-state index contributed by atoms with van der Waals surface area (Å²) in [4.78, 5) is 19.1. The SMILES string of the molecule is CCC(C(=O)N1CCC(c2n[nH]c(C)n2)CC1)n1cccn1. The molecule has 22 heavy (non-hydrogen) atoms. The Hall–Kier alpha value is -2.18. The molecular weight excluding hydrogens is 280 g/mol. The first-order valence-corrected chi connectivity index (χ1v) is 7.86. The number of hydrogen-bond donors (Lipinski definition) is 1. The maximum absolute atomic E-state index is 12.7. The molecule has 1 aliphatic heterocycles. The monoisotopic (exact) mass is 302 g/mol. The van der Waals surface area contributed by atoms with E-state index in [2.05, 4.69) is 20.3 Å². The third-order valence-corrected chi connectivity index (χ3v) is 4.30. The van der Waals surface area contributed by atoms with Crippen molar-refractivity contribution in [3.63, 3.8) is 0 Å². The van der Waals surface area contributed by atoms with E-state index in [1.165, 1.54) is 0 Å². The molecule has 1 unspecified atom stereocenters. The first kappa shape index (κ1) is 14.7. The summed E-state index contributed by atoms with van der Waals surface area (Å²) in [6.07, 6.45) is 6.15. The molecule has 1 atom stereocenters. The number of likely N-dealkylation sites (tertiary alicyclic amines) is 1. The predicted octanol–water partition coefficient (Wildman–Crippen LogP) is 1.67. The van der Waals surface area contributed by atoms with Crippen molar-refractivity contribution in [1.82, 2.24) is 29.9 Å². The number of aromatic amines is 1. The standard InChI is InChI=1S/C15H22N6O/c1-3-13(21-8-4-7-16-21)15(22)20-9-5-12(6-10-20)14-17-11(2)18-19-14/h4,7-8,12-13H,3,5-6,9-10H2,1-2H3,(H,17,18,19). The number of rotatable bonds is 4. The minimum Gasteiger partial charge on any atom is -0.341 e. The maximum atomic E-state index is 12.7. The fraction of sp³-hybridized carbons (Fsp3) is 0.600. The van der Waals surface area contributed by atoms with Gasteiger partial charge in [-0.15, -0.1) is 0 Å². The molecule has 0 aliphatic carbocycles.